The maximum Gasteiger partial charge on any atom is 0.322 e. The van der Waals surface area contributed by atoms with Gasteiger partial charge in [0.2, 0.25) is 0 Å². The first-order valence-electron chi connectivity index (χ1n) is 8.65. The highest BCUT2D eigenvalue weighted by atomic mass is 19.1. The SMILES string of the molecule is COc1ccc([C@@H]2CCCCCN2C(=O)Nc2ccccc2F)cc1. The average Bonchev–Trinajstić information content (AvgIpc) is 2.90. The molecule has 5 heteroatoms. The number of halogens is 1. The topological polar surface area (TPSA) is 41.6 Å². The molecule has 0 aliphatic carbocycles. The van der Waals surface area contributed by atoms with E-state index in [9.17, 15) is 9.18 Å². The molecule has 132 valence electrons. The first-order valence-corrected chi connectivity index (χ1v) is 8.65. The molecule has 2 aromatic carbocycles. The standard InChI is InChI=1S/C20H23FN2O2/c1-25-16-12-10-15(11-13-16)19-9-3-2-6-14-23(19)20(24)22-18-8-5-4-7-17(18)21/h4-5,7-8,10-13,19H,2-3,6,9,14H2,1H3,(H,22,24)/t19-/m0/s1. The molecule has 2 aromatic rings. The minimum Gasteiger partial charge on any atom is -0.497 e. The molecule has 0 aromatic heterocycles. The van der Waals surface area contributed by atoms with Gasteiger partial charge in [-0.25, -0.2) is 9.18 Å². The summed E-state index contributed by atoms with van der Waals surface area (Å²) in [6.45, 7) is 0.664. The molecule has 1 aliphatic heterocycles. The third-order valence-corrected chi connectivity index (χ3v) is 4.63. The van der Waals surface area contributed by atoms with E-state index in [2.05, 4.69) is 5.32 Å². The Morgan fingerprint density at radius 3 is 2.60 bits per heavy atom. The Balaban J connectivity index is 1.82. The summed E-state index contributed by atoms with van der Waals surface area (Å²) in [6, 6.07) is 13.8. The van der Waals surface area contributed by atoms with E-state index in [-0.39, 0.29) is 17.8 Å². The van der Waals surface area contributed by atoms with Crippen molar-refractivity contribution in [2.24, 2.45) is 0 Å². The number of urea groups is 1. The number of likely N-dealkylation sites (tertiary alicyclic amines) is 1. The summed E-state index contributed by atoms with van der Waals surface area (Å²) in [7, 11) is 1.63. The number of benzene rings is 2. The molecule has 1 saturated heterocycles. The second-order valence-electron chi connectivity index (χ2n) is 6.24. The predicted octanol–water partition coefficient (Wildman–Crippen LogP) is 4.98. The van der Waals surface area contributed by atoms with Gasteiger partial charge < -0.3 is 15.0 Å². The number of para-hydroxylation sites is 1. The molecule has 0 saturated carbocycles. The van der Waals surface area contributed by atoms with Crippen LogP contribution in [-0.2, 0) is 0 Å². The van der Waals surface area contributed by atoms with E-state index in [1.165, 1.54) is 6.07 Å². The van der Waals surface area contributed by atoms with Crippen molar-refractivity contribution >= 4 is 11.7 Å². The van der Waals surface area contributed by atoms with Crippen LogP contribution in [0.5, 0.6) is 5.75 Å². The van der Waals surface area contributed by atoms with Gasteiger partial charge in [-0.1, -0.05) is 37.1 Å². The van der Waals surface area contributed by atoms with Gasteiger partial charge in [-0.05, 0) is 42.7 Å². The van der Waals surface area contributed by atoms with Gasteiger partial charge in [0.1, 0.15) is 11.6 Å². The van der Waals surface area contributed by atoms with Gasteiger partial charge in [0, 0.05) is 6.54 Å². The minimum absolute atomic E-state index is 0.0137. The van der Waals surface area contributed by atoms with E-state index in [0.29, 0.717) is 6.54 Å². The van der Waals surface area contributed by atoms with Crippen molar-refractivity contribution < 1.29 is 13.9 Å². The van der Waals surface area contributed by atoms with Crippen LogP contribution in [0.25, 0.3) is 0 Å². The summed E-state index contributed by atoms with van der Waals surface area (Å²) in [6.07, 6.45) is 4.02. The number of nitrogens with one attached hydrogen (secondary N) is 1. The lowest BCUT2D eigenvalue weighted by Gasteiger charge is -2.30. The molecule has 1 N–H and O–H groups in total. The summed E-state index contributed by atoms with van der Waals surface area (Å²) in [5.41, 5.74) is 1.29. The molecule has 0 spiro atoms. The number of carbonyl (C=O) groups excluding carboxylic acids is 1. The highest BCUT2D eigenvalue weighted by Gasteiger charge is 2.27. The smallest absolute Gasteiger partial charge is 0.322 e. The van der Waals surface area contributed by atoms with E-state index in [0.717, 1.165) is 37.0 Å². The Morgan fingerprint density at radius 1 is 1.12 bits per heavy atom. The van der Waals surface area contributed by atoms with Crippen molar-refractivity contribution in [1.29, 1.82) is 0 Å². The Hall–Kier alpha value is -2.56. The molecule has 0 radical (unpaired) electrons. The minimum atomic E-state index is -0.424. The quantitative estimate of drug-likeness (QED) is 0.854. The second kappa shape index (κ2) is 8.01. The van der Waals surface area contributed by atoms with Crippen LogP contribution in [0.1, 0.15) is 37.3 Å². The first kappa shape index (κ1) is 17.3. The second-order valence-corrected chi connectivity index (χ2v) is 6.24. The van der Waals surface area contributed by atoms with Crippen LogP contribution in [-0.4, -0.2) is 24.6 Å². The lowest BCUT2D eigenvalue weighted by Crippen LogP contribution is -2.38. The maximum atomic E-state index is 13.9. The summed E-state index contributed by atoms with van der Waals surface area (Å²) >= 11 is 0. The molecule has 25 heavy (non-hydrogen) atoms. The van der Waals surface area contributed by atoms with Crippen molar-refractivity contribution in [3.63, 3.8) is 0 Å². The molecule has 1 aliphatic rings. The van der Waals surface area contributed by atoms with Crippen LogP contribution in [0.2, 0.25) is 0 Å². The monoisotopic (exact) mass is 342 g/mol. The molecule has 1 heterocycles. The lowest BCUT2D eigenvalue weighted by atomic mass is 10.0. The highest BCUT2D eigenvalue weighted by molar-refractivity contribution is 5.89. The number of hydrogen-bond donors (Lipinski definition) is 1. The molecule has 3 rings (SSSR count). The fraction of sp³-hybridized carbons (Fsp3) is 0.350. The molecule has 0 bridgehead atoms. The van der Waals surface area contributed by atoms with Gasteiger partial charge in [-0.2, -0.15) is 0 Å². The van der Waals surface area contributed by atoms with Gasteiger partial charge in [0.05, 0.1) is 18.8 Å². The molecule has 0 unspecified atom stereocenters. The largest absolute Gasteiger partial charge is 0.497 e. The molecular formula is C20H23FN2O2. The normalized spacial score (nSPS) is 17.7. The Morgan fingerprint density at radius 2 is 1.88 bits per heavy atom. The molecule has 1 fully saturated rings. The van der Waals surface area contributed by atoms with Crippen LogP contribution in [0.3, 0.4) is 0 Å². The summed E-state index contributed by atoms with van der Waals surface area (Å²) in [5.74, 6) is 0.367. The van der Waals surface area contributed by atoms with E-state index >= 15 is 0 Å². The number of hydrogen-bond acceptors (Lipinski definition) is 2. The Bertz CT molecular complexity index is 718. The number of anilines is 1. The number of carbonyl (C=O) groups is 1. The highest BCUT2D eigenvalue weighted by Crippen LogP contribution is 2.31. The van der Waals surface area contributed by atoms with E-state index in [1.54, 1.807) is 25.3 Å². The number of ether oxygens (including phenoxy) is 1. The zero-order valence-electron chi connectivity index (χ0n) is 14.4. The first-order chi connectivity index (χ1) is 12.2. The molecular weight excluding hydrogens is 319 g/mol. The molecule has 4 nitrogen and oxygen atoms in total. The van der Waals surface area contributed by atoms with Gasteiger partial charge >= 0.3 is 6.03 Å². The lowest BCUT2D eigenvalue weighted by molar-refractivity contribution is 0.189. The van der Waals surface area contributed by atoms with Gasteiger partial charge in [-0.15, -0.1) is 0 Å². The average molecular weight is 342 g/mol. The van der Waals surface area contributed by atoms with Crippen molar-refractivity contribution in [1.82, 2.24) is 4.90 Å². The van der Waals surface area contributed by atoms with E-state index in [1.807, 2.05) is 29.2 Å². The predicted molar refractivity (Wildman–Crippen MR) is 96.3 cm³/mol. The summed E-state index contributed by atoms with van der Waals surface area (Å²) in [5, 5.41) is 2.72. The fourth-order valence-electron chi connectivity index (χ4n) is 3.27. The van der Waals surface area contributed by atoms with Crippen molar-refractivity contribution in [2.45, 2.75) is 31.7 Å². The Labute approximate surface area is 147 Å². The molecule has 1 atom stereocenters. The van der Waals surface area contributed by atoms with Gasteiger partial charge in [0.25, 0.3) is 0 Å². The van der Waals surface area contributed by atoms with Crippen molar-refractivity contribution in [3.05, 3.63) is 59.9 Å². The zero-order valence-corrected chi connectivity index (χ0v) is 14.4. The number of methoxy groups -OCH3 is 1. The maximum absolute atomic E-state index is 13.9. The number of nitrogens with zero attached hydrogens (tertiary/aromatic N) is 1. The van der Waals surface area contributed by atoms with Crippen LogP contribution in [0.4, 0.5) is 14.9 Å². The third-order valence-electron chi connectivity index (χ3n) is 4.63. The van der Waals surface area contributed by atoms with Crippen LogP contribution < -0.4 is 10.1 Å². The van der Waals surface area contributed by atoms with Crippen molar-refractivity contribution in [3.8, 4) is 5.75 Å². The van der Waals surface area contributed by atoms with Crippen molar-refractivity contribution in [2.75, 3.05) is 19.0 Å². The van der Waals surface area contributed by atoms with Crippen LogP contribution in [0.15, 0.2) is 48.5 Å². The Kier molecular flexibility index (Phi) is 5.53. The summed E-state index contributed by atoms with van der Waals surface area (Å²) in [4.78, 5) is 14.6. The van der Waals surface area contributed by atoms with Crippen LogP contribution in [0, 0.1) is 5.82 Å². The zero-order chi connectivity index (χ0) is 17.6. The third kappa shape index (κ3) is 4.10. The van der Waals surface area contributed by atoms with Gasteiger partial charge in [-0.3, -0.25) is 0 Å². The number of rotatable bonds is 3. The summed E-state index contributed by atoms with van der Waals surface area (Å²) < 4.78 is 19.1. The van der Waals surface area contributed by atoms with Gasteiger partial charge in [0.15, 0.2) is 0 Å². The number of amides is 2. The van der Waals surface area contributed by atoms with E-state index in [4.69, 9.17) is 4.74 Å². The van der Waals surface area contributed by atoms with Crippen LogP contribution >= 0.6 is 0 Å². The molecule has 2 amide bonds. The fourth-order valence-corrected chi connectivity index (χ4v) is 3.27. The van der Waals surface area contributed by atoms with E-state index < -0.39 is 5.82 Å².